The van der Waals surface area contributed by atoms with E-state index in [1.807, 2.05) is 0 Å². The lowest BCUT2D eigenvalue weighted by Gasteiger charge is -2.35. The van der Waals surface area contributed by atoms with Gasteiger partial charge in [0, 0.05) is 95.0 Å². The number of hydrogen-bond acceptors (Lipinski definition) is 8. The second-order valence-electron chi connectivity index (χ2n) is 7.23. The molecule has 9 heteroatoms. The molecule has 27 heavy (non-hydrogen) atoms. The molecule has 0 saturated carbocycles. The van der Waals surface area contributed by atoms with Gasteiger partial charge in [0.05, 0.1) is 0 Å². The van der Waals surface area contributed by atoms with Crippen molar-refractivity contribution in [1.82, 2.24) is 19.6 Å². The summed E-state index contributed by atoms with van der Waals surface area (Å²) in [7, 11) is 0. The maximum atomic E-state index is 12.0. The van der Waals surface area contributed by atoms with Crippen LogP contribution in [-0.2, 0) is 9.59 Å². The van der Waals surface area contributed by atoms with Crippen molar-refractivity contribution in [3.8, 4) is 0 Å². The van der Waals surface area contributed by atoms with Gasteiger partial charge in [0.2, 0.25) is 11.8 Å². The van der Waals surface area contributed by atoms with Gasteiger partial charge in [0.25, 0.3) is 0 Å². The Labute approximate surface area is 180 Å². The van der Waals surface area contributed by atoms with Crippen LogP contribution in [0.25, 0.3) is 0 Å². The Morgan fingerprint density at radius 3 is 1.93 bits per heavy atom. The van der Waals surface area contributed by atoms with E-state index in [1.54, 1.807) is 0 Å². The van der Waals surface area contributed by atoms with Gasteiger partial charge in [0.15, 0.2) is 0 Å². The smallest absolute Gasteiger partial charge is 0.229 e. The van der Waals surface area contributed by atoms with Gasteiger partial charge < -0.3 is 0 Å². The van der Waals surface area contributed by atoms with Crippen LogP contribution >= 0.6 is 37.9 Å². The Morgan fingerprint density at radius 2 is 1.30 bits per heavy atom. The number of hydrogen-bond donors (Lipinski definition) is 3. The molecule has 0 aromatic heterocycles. The van der Waals surface area contributed by atoms with E-state index in [1.165, 1.54) is 4.90 Å². The van der Waals surface area contributed by atoms with E-state index in [9.17, 15) is 9.59 Å². The van der Waals surface area contributed by atoms with E-state index >= 15 is 0 Å². The summed E-state index contributed by atoms with van der Waals surface area (Å²) in [5.74, 6) is 2.46. The molecule has 6 nitrogen and oxygen atoms in total. The molecule has 0 aromatic carbocycles. The summed E-state index contributed by atoms with van der Waals surface area (Å²) in [6, 6.07) is 0.314. The number of thiol groups is 3. The maximum Gasteiger partial charge on any atom is 0.229 e. The molecular weight excluding hydrogens is 400 g/mol. The molecular formula is C18H34N4O2S3. The maximum absolute atomic E-state index is 12.0. The highest BCUT2D eigenvalue weighted by Crippen LogP contribution is 2.16. The van der Waals surface area contributed by atoms with E-state index < -0.39 is 0 Å². The van der Waals surface area contributed by atoms with Crippen LogP contribution in [-0.4, -0.2) is 114 Å². The molecule has 1 atom stereocenters. The first kappa shape index (κ1) is 23.3. The Kier molecular flexibility index (Phi) is 10.9. The molecule has 1 unspecified atom stereocenters. The molecule has 2 aliphatic heterocycles. The van der Waals surface area contributed by atoms with Gasteiger partial charge in [0.1, 0.15) is 0 Å². The van der Waals surface area contributed by atoms with E-state index in [0.717, 1.165) is 76.0 Å². The third kappa shape index (κ3) is 7.44. The van der Waals surface area contributed by atoms with Crippen molar-refractivity contribution in [3.63, 3.8) is 0 Å². The Balaban J connectivity index is 2.07. The number of imide groups is 1. The summed E-state index contributed by atoms with van der Waals surface area (Å²) in [6.45, 7) is 8.38. The molecule has 0 aliphatic carbocycles. The monoisotopic (exact) mass is 434 g/mol. The van der Waals surface area contributed by atoms with Crippen molar-refractivity contribution in [1.29, 1.82) is 0 Å². The van der Waals surface area contributed by atoms with Crippen molar-refractivity contribution in [2.75, 3.05) is 76.2 Å². The van der Waals surface area contributed by atoms with Gasteiger partial charge in [-0.3, -0.25) is 29.2 Å². The van der Waals surface area contributed by atoms with Crippen molar-refractivity contribution in [2.45, 2.75) is 25.3 Å². The van der Waals surface area contributed by atoms with Crippen LogP contribution in [0.1, 0.15) is 19.3 Å². The molecule has 2 amide bonds. The first-order valence-corrected chi connectivity index (χ1v) is 11.8. The average molecular weight is 435 g/mol. The molecule has 0 bridgehead atoms. The lowest BCUT2D eigenvalue weighted by atomic mass is 10.1. The van der Waals surface area contributed by atoms with Crippen LogP contribution < -0.4 is 0 Å². The first-order chi connectivity index (χ1) is 13.1. The standard InChI is InChI=1S/C18H34N4O2S3/c23-17-1-2-18(24)22(17)4-3-16-15-20(10-13-26)6-5-19(9-12-25)7-8-21(16)11-14-27/h16,25-27H,1-15H2. The number of likely N-dealkylation sites (tertiary alicyclic amines) is 1. The second-order valence-corrected chi connectivity index (χ2v) is 8.57. The summed E-state index contributed by atoms with van der Waals surface area (Å²) >= 11 is 13.3. The van der Waals surface area contributed by atoms with Gasteiger partial charge in [-0.25, -0.2) is 0 Å². The minimum atomic E-state index is -0.0176. The topological polar surface area (TPSA) is 47.1 Å². The third-order valence-electron chi connectivity index (χ3n) is 5.48. The minimum Gasteiger partial charge on any atom is -0.300 e. The molecule has 2 aliphatic rings. The highest BCUT2D eigenvalue weighted by molar-refractivity contribution is 7.80. The second kappa shape index (κ2) is 12.6. The normalized spacial score (nSPS) is 24.3. The summed E-state index contributed by atoms with van der Waals surface area (Å²) in [4.78, 5) is 32.8. The molecule has 0 N–H and O–H groups in total. The number of carbonyl (C=O) groups is 2. The van der Waals surface area contributed by atoms with E-state index in [0.29, 0.717) is 25.4 Å². The SMILES string of the molecule is O=C1CCC(=O)N1CCC1CN(CCS)CCN(CCS)CCN1CCS. The van der Waals surface area contributed by atoms with Gasteiger partial charge in [-0.05, 0) is 6.42 Å². The fraction of sp³-hybridized carbons (Fsp3) is 0.889. The Bertz CT molecular complexity index is 468. The molecule has 156 valence electrons. The van der Waals surface area contributed by atoms with Crippen molar-refractivity contribution < 1.29 is 9.59 Å². The highest BCUT2D eigenvalue weighted by Gasteiger charge is 2.31. The van der Waals surface area contributed by atoms with E-state index in [-0.39, 0.29) is 11.8 Å². The highest BCUT2D eigenvalue weighted by atomic mass is 32.1. The first-order valence-electron chi connectivity index (χ1n) is 9.93. The van der Waals surface area contributed by atoms with Crippen LogP contribution in [0.4, 0.5) is 0 Å². The quantitative estimate of drug-likeness (QED) is 0.367. The molecule has 2 heterocycles. The molecule has 2 fully saturated rings. The number of rotatable bonds is 9. The Morgan fingerprint density at radius 1 is 0.741 bits per heavy atom. The predicted molar refractivity (Wildman–Crippen MR) is 120 cm³/mol. The fourth-order valence-electron chi connectivity index (χ4n) is 3.91. The van der Waals surface area contributed by atoms with Crippen LogP contribution in [0.5, 0.6) is 0 Å². The summed E-state index contributed by atoms with van der Waals surface area (Å²) in [5, 5.41) is 0. The van der Waals surface area contributed by atoms with Crippen molar-refractivity contribution >= 4 is 49.7 Å². The zero-order chi connectivity index (χ0) is 19.6. The lowest BCUT2D eigenvalue weighted by molar-refractivity contribution is -0.138. The van der Waals surface area contributed by atoms with Gasteiger partial charge in [-0.15, -0.1) is 0 Å². The van der Waals surface area contributed by atoms with E-state index in [4.69, 9.17) is 0 Å². The summed E-state index contributed by atoms with van der Waals surface area (Å²) in [5.41, 5.74) is 0. The minimum absolute atomic E-state index is 0.0176. The number of nitrogens with zero attached hydrogens (tertiary/aromatic N) is 4. The van der Waals surface area contributed by atoms with E-state index in [2.05, 4.69) is 52.6 Å². The van der Waals surface area contributed by atoms with Crippen LogP contribution in [0.3, 0.4) is 0 Å². The van der Waals surface area contributed by atoms with Crippen LogP contribution in [0, 0.1) is 0 Å². The predicted octanol–water partition coefficient (Wildman–Crippen LogP) is 0.603. The third-order valence-corrected chi connectivity index (χ3v) is 6.08. The summed E-state index contributed by atoms with van der Waals surface area (Å²) < 4.78 is 0. The fourth-order valence-corrected chi connectivity index (χ4v) is 4.73. The number of carbonyl (C=O) groups excluding carboxylic acids is 2. The summed E-state index contributed by atoms with van der Waals surface area (Å²) in [6.07, 6.45) is 1.56. The number of amides is 2. The van der Waals surface area contributed by atoms with Gasteiger partial charge in [-0.1, -0.05) is 0 Å². The van der Waals surface area contributed by atoms with Crippen LogP contribution in [0.2, 0.25) is 0 Å². The molecule has 0 aromatic rings. The largest absolute Gasteiger partial charge is 0.300 e. The molecule has 0 spiro atoms. The van der Waals surface area contributed by atoms with Gasteiger partial charge in [-0.2, -0.15) is 37.9 Å². The van der Waals surface area contributed by atoms with Crippen LogP contribution in [0.15, 0.2) is 0 Å². The Hall–Kier alpha value is 0.0700. The van der Waals surface area contributed by atoms with Crippen molar-refractivity contribution in [3.05, 3.63) is 0 Å². The zero-order valence-corrected chi connectivity index (χ0v) is 18.8. The molecule has 2 rings (SSSR count). The molecule has 0 radical (unpaired) electrons. The molecule has 2 saturated heterocycles. The average Bonchev–Trinajstić information content (AvgIpc) is 3.00. The zero-order valence-electron chi connectivity index (χ0n) is 16.1. The van der Waals surface area contributed by atoms with Crippen molar-refractivity contribution in [2.24, 2.45) is 0 Å². The van der Waals surface area contributed by atoms with Gasteiger partial charge >= 0.3 is 0 Å². The lowest BCUT2D eigenvalue weighted by Crippen LogP contribution is -2.48.